The molecule has 0 unspecified atom stereocenters. The van der Waals surface area contributed by atoms with Gasteiger partial charge in [-0.1, -0.05) is 30.3 Å². The first-order valence-corrected chi connectivity index (χ1v) is 6.81. The predicted molar refractivity (Wildman–Crippen MR) is 75.6 cm³/mol. The fraction of sp³-hybridized carbons (Fsp3) is 0.625. The second-order valence-electron chi connectivity index (χ2n) is 6.84. The largest absolute Gasteiger partial charge is 0.389 e. The Morgan fingerprint density at radius 1 is 1.28 bits per heavy atom. The second kappa shape index (κ2) is 4.67. The van der Waals surface area contributed by atoms with Gasteiger partial charge in [-0.3, -0.25) is 4.90 Å². The van der Waals surface area contributed by atoms with E-state index in [9.17, 15) is 5.11 Å². The number of nitrogens with zero attached hydrogens (tertiary/aromatic N) is 1. The van der Waals surface area contributed by atoms with Crippen LogP contribution >= 0.6 is 0 Å². The third-order valence-electron chi connectivity index (χ3n) is 3.80. The smallest absolute Gasteiger partial charge is 0.0761 e. The van der Waals surface area contributed by atoms with Crippen molar-refractivity contribution < 1.29 is 5.11 Å². The van der Waals surface area contributed by atoms with E-state index in [0.29, 0.717) is 6.04 Å². The van der Waals surface area contributed by atoms with Gasteiger partial charge in [0, 0.05) is 18.1 Å². The number of β-amino-alcohol motifs (C(OH)–C–C–N with tert-alkyl or cyclic N) is 1. The van der Waals surface area contributed by atoms with Gasteiger partial charge in [-0.05, 0) is 46.1 Å². The van der Waals surface area contributed by atoms with Crippen molar-refractivity contribution in [3.05, 3.63) is 35.9 Å². The first-order valence-electron chi connectivity index (χ1n) is 6.81. The zero-order chi connectivity index (χ0) is 13.4. The lowest BCUT2D eigenvalue weighted by atomic mass is 9.97. The SMILES string of the molecule is CC(C)(C)N1C[C@@](C)(O)C[C@@H]1Cc1ccccc1. The topological polar surface area (TPSA) is 23.5 Å². The maximum atomic E-state index is 10.3. The van der Waals surface area contributed by atoms with Crippen LogP contribution in [0.3, 0.4) is 0 Å². The van der Waals surface area contributed by atoms with Gasteiger partial charge in [-0.2, -0.15) is 0 Å². The van der Waals surface area contributed by atoms with Gasteiger partial charge in [0.25, 0.3) is 0 Å². The van der Waals surface area contributed by atoms with Crippen LogP contribution in [-0.2, 0) is 6.42 Å². The monoisotopic (exact) mass is 247 g/mol. The Hall–Kier alpha value is -0.860. The molecular formula is C16H25NO. The summed E-state index contributed by atoms with van der Waals surface area (Å²) in [5.74, 6) is 0. The highest BCUT2D eigenvalue weighted by molar-refractivity contribution is 5.17. The summed E-state index contributed by atoms with van der Waals surface area (Å²) in [6.45, 7) is 9.41. The van der Waals surface area contributed by atoms with Gasteiger partial charge >= 0.3 is 0 Å². The number of hydrogen-bond donors (Lipinski definition) is 1. The average molecular weight is 247 g/mol. The van der Waals surface area contributed by atoms with Gasteiger partial charge < -0.3 is 5.11 Å². The highest BCUT2D eigenvalue weighted by Gasteiger charge is 2.43. The summed E-state index contributed by atoms with van der Waals surface area (Å²) in [4.78, 5) is 2.44. The van der Waals surface area contributed by atoms with E-state index in [1.807, 2.05) is 6.92 Å². The van der Waals surface area contributed by atoms with Crippen molar-refractivity contribution in [2.45, 2.75) is 57.7 Å². The van der Waals surface area contributed by atoms with Crippen molar-refractivity contribution in [3.63, 3.8) is 0 Å². The molecule has 1 aliphatic rings. The van der Waals surface area contributed by atoms with E-state index in [1.165, 1.54) is 5.56 Å². The minimum absolute atomic E-state index is 0.111. The van der Waals surface area contributed by atoms with E-state index in [0.717, 1.165) is 19.4 Å². The van der Waals surface area contributed by atoms with Gasteiger partial charge in [-0.25, -0.2) is 0 Å². The molecular weight excluding hydrogens is 222 g/mol. The first-order chi connectivity index (χ1) is 8.28. The summed E-state index contributed by atoms with van der Waals surface area (Å²) in [5, 5.41) is 10.3. The van der Waals surface area contributed by atoms with Gasteiger partial charge in [0.2, 0.25) is 0 Å². The highest BCUT2D eigenvalue weighted by Crippen LogP contribution is 2.34. The van der Waals surface area contributed by atoms with Crippen molar-refractivity contribution in [1.82, 2.24) is 4.90 Å². The summed E-state index contributed by atoms with van der Waals surface area (Å²) >= 11 is 0. The summed E-state index contributed by atoms with van der Waals surface area (Å²) in [6, 6.07) is 11.0. The molecule has 2 rings (SSSR count). The molecule has 1 fully saturated rings. The fourth-order valence-corrected chi connectivity index (χ4v) is 3.03. The maximum absolute atomic E-state index is 10.3. The lowest BCUT2D eigenvalue weighted by Gasteiger charge is -2.37. The Kier molecular flexibility index (Phi) is 3.52. The van der Waals surface area contributed by atoms with E-state index >= 15 is 0 Å². The van der Waals surface area contributed by atoms with Crippen molar-refractivity contribution in [2.75, 3.05) is 6.54 Å². The van der Waals surface area contributed by atoms with Crippen LogP contribution in [0, 0.1) is 0 Å². The molecule has 1 N–H and O–H groups in total. The van der Waals surface area contributed by atoms with E-state index in [1.54, 1.807) is 0 Å². The molecule has 1 aromatic carbocycles. The number of rotatable bonds is 2. The molecule has 18 heavy (non-hydrogen) atoms. The Morgan fingerprint density at radius 3 is 2.44 bits per heavy atom. The molecule has 1 aliphatic heterocycles. The first kappa shape index (κ1) is 13.6. The molecule has 0 aromatic heterocycles. The molecule has 2 nitrogen and oxygen atoms in total. The summed E-state index contributed by atoms with van der Waals surface area (Å²) in [5.41, 5.74) is 0.918. The van der Waals surface area contributed by atoms with Gasteiger partial charge in [0.15, 0.2) is 0 Å². The molecule has 0 radical (unpaired) electrons. The molecule has 1 saturated heterocycles. The Bertz CT molecular complexity index is 391. The average Bonchev–Trinajstić information content (AvgIpc) is 2.55. The van der Waals surface area contributed by atoms with Crippen LogP contribution in [0.2, 0.25) is 0 Å². The minimum atomic E-state index is -0.549. The molecule has 0 saturated carbocycles. The van der Waals surface area contributed by atoms with Gasteiger partial charge in [0.05, 0.1) is 5.60 Å². The molecule has 1 heterocycles. The van der Waals surface area contributed by atoms with Crippen LogP contribution in [-0.4, -0.2) is 33.7 Å². The molecule has 100 valence electrons. The van der Waals surface area contributed by atoms with Gasteiger partial charge in [0.1, 0.15) is 0 Å². The lowest BCUT2D eigenvalue weighted by molar-refractivity contribution is 0.0499. The Morgan fingerprint density at radius 2 is 1.89 bits per heavy atom. The number of aliphatic hydroxyl groups is 1. The normalized spacial score (nSPS) is 29.7. The minimum Gasteiger partial charge on any atom is -0.389 e. The number of benzene rings is 1. The molecule has 2 heteroatoms. The highest BCUT2D eigenvalue weighted by atomic mass is 16.3. The molecule has 0 bridgehead atoms. The maximum Gasteiger partial charge on any atom is 0.0761 e. The molecule has 1 aromatic rings. The number of hydrogen-bond acceptors (Lipinski definition) is 2. The van der Waals surface area contributed by atoms with Crippen molar-refractivity contribution in [3.8, 4) is 0 Å². The van der Waals surface area contributed by atoms with Crippen LogP contribution < -0.4 is 0 Å². The lowest BCUT2D eigenvalue weighted by Crippen LogP contribution is -2.46. The van der Waals surface area contributed by atoms with E-state index in [-0.39, 0.29) is 5.54 Å². The van der Waals surface area contributed by atoms with Crippen molar-refractivity contribution >= 4 is 0 Å². The van der Waals surface area contributed by atoms with Gasteiger partial charge in [-0.15, -0.1) is 0 Å². The zero-order valence-electron chi connectivity index (χ0n) is 12.0. The van der Waals surface area contributed by atoms with Crippen molar-refractivity contribution in [2.24, 2.45) is 0 Å². The van der Waals surface area contributed by atoms with E-state index < -0.39 is 5.60 Å². The molecule has 0 aliphatic carbocycles. The standard InChI is InChI=1S/C16H25NO/c1-15(2,3)17-12-16(4,18)11-14(17)10-13-8-6-5-7-9-13/h5-9,14,18H,10-12H2,1-4H3/t14-,16-/m0/s1. The molecule has 0 spiro atoms. The van der Waals surface area contributed by atoms with Crippen LogP contribution in [0.15, 0.2) is 30.3 Å². The zero-order valence-corrected chi connectivity index (χ0v) is 12.0. The molecule has 2 atom stereocenters. The second-order valence-corrected chi connectivity index (χ2v) is 6.84. The fourth-order valence-electron chi connectivity index (χ4n) is 3.03. The van der Waals surface area contributed by atoms with E-state index in [4.69, 9.17) is 0 Å². The Balaban J connectivity index is 2.15. The van der Waals surface area contributed by atoms with E-state index in [2.05, 4.69) is 56.0 Å². The summed E-state index contributed by atoms with van der Waals surface area (Å²) in [7, 11) is 0. The van der Waals surface area contributed by atoms with Crippen LogP contribution in [0.4, 0.5) is 0 Å². The van der Waals surface area contributed by atoms with Crippen LogP contribution in [0.5, 0.6) is 0 Å². The van der Waals surface area contributed by atoms with Crippen LogP contribution in [0.1, 0.15) is 39.7 Å². The third-order valence-corrected chi connectivity index (χ3v) is 3.80. The summed E-state index contributed by atoms with van der Waals surface area (Å²) < 4.78 is 0. The Labute approximate surface area is 111 Å². The third kappa shape index (κ3) is 3.12. The van der Waals surface area contributed by atoms with Crippen molar-refractivity contribution in [1.29, 1.82) is 0 Å². The molecule has 0 amide bonds. The quantitative estimate of drug-likeness (QED) is 0.868. The number of likely N-dealkylation sites (tertiary alicyclic amines) is 1. The predicted octanol–water partition coefficient (Wildman–Crippen LogP) is 2.85. The summed E-state index contributed by atoms with van der Waals surface area (Å²) in [6.07, 6.45) is 1.88. The van der Waals surface area contributed by atoms with Crippen LogP contribution in [0.25, 0.3) is 0 Å².